The van der Waals surface area contributed by atoms with Gasteiger partial charge in [0.2, 0.25) is 5.95 Å². The van der Waals surface area contributed by atoms with Crippen LogP contribution in [0.25, 0.3) is 0 Å². The van der Waals surface area contributed by atoms with Crippen LogP contribution < -0.4 is 10.2 Å². The zero-order valence-corrected chi connectivity index (χ0v) is 13.8. The molecule has 1 atom stereocenters. The van der Waals surface area contributed by atoms with Crippen molar-refractivity contribution < 1.29 is 0 Å². The maximum Gasteiger partial charge on any atom is 0.225 e. The molecule has 0 amide bonds. The molecule has 0 bridgehead atoms. The van der Waals surface area contributed by atoms with E-state index < -0.39 is 0 Å². The number of rotatable bonds is 4. The molecule has 1 saturated heterocycles. The fourth-order valence-corrected chi connectivity index (χ4v) is 3.30. The Morgan fingerprint density at radius 2 is 2.05 bits per heavy atom. The van der Waals surface area contributed by atoms with Gasteiger partial charge in [-0.15, -0.1) is 0 Å². The minimum absolute atomic E-state index is 0.122. The van der Waals surface area contributed by atoms with Crippen molar-refractivity contribution in [3.05, 3.63) is 18.0 Å². The minimum atomic E-state index is 0.122. The number of hydrogen-bond donors (Lipinski definition) is 1. The summed E-state index contributed by atoms with van der Waals surface area (Å²) in [6.07, 6.45) is 5.11. The van der Waals surface area contributed by atoms with Crippen molar-refractivity contribution in [2.45, 2.75) is 51.4 Å². The topological polar surface area (TPSA) is 41.1 Å². The maximum absolute atomic E-state index is 4.54. The van der Waals surface area contributed by atoms with Crippen LogP contribution in [0.4, 0.5) is 5.95 Å². The summed E-state index contributed by atoms with van der Waals surface area (Å²) in [6, 6.07) is 0. The minimum Gasteiger partial charge on any atom is -0.339 e. The van der Waals surface area contributed by atoms with Crippen molar-refractivity contribution in [1.82, 2.24) is 15.3 Å². The first-order chi connectivity index (χ1) is 9.48. The summed E-state index contributed by atoms with van der Waals surface area (Å²) in [7, 11) is 0. The molecule has 1 aromatic heterocycles. The van der Waals surface area contributed by atoms with Gasteiger partial charge < -0.3 is 10.2 Å². The largest absolute Gasteiger partial charge is 0.339 e. The molecule has 2 rings (SSSR count). The standard InChI is InChI=1S/C15H26N4S/c1-5-13-11-19(6-7-20-13)14-16-8-12(9-17-14)10-18-15(2,3)4/h8-9,13,18H,5-7,10-11H2,1-4H3. The molecule has 0 spiro atoms. The molecule has 1 fully saturated rings. The van der Waals surface area contributed by atoms with Gasteiger partial charge in [0, 0.05) is 54.1 Å². The molecule has 5 heteroatoms. The molecule has 1 N–H and O–H groups in total. The van der Waals surface area contributed by atoms with Gasteiger partial charge in [-0.1, -0.05) is 6.92 Å². The average Bonchev–Trinajstić information content (AvgIpc) is 2.45. The normalized spacial score (nSPS) is 20.2. The summed E-state index contributed by atoms with van der Waals surface area (Å²) in [6.45, 7) is 11.7. The highest BCUT2D eigenvalue weighted by atomic mass is 32.2. The summed E-state index contributed by atoms with van der Waals surface area (Å²) >= 11 is 2.07. The molecule has 0 saturated carbocycles. The van der Waals surface area contributed by atoms with Crippen LogP contribution in [0.15, 0.2) is 12.4 Å². The molecule has 0 aromatic carbocycles. The van der Waals surface area contributed by atoms with Gasteiger partial charge in [-0.2, -0.15) is 11.8 Å². The highest BCUT2D eigenvalue weighted by molar-refractivity contribution is 8.00. The Balaban J connectivity index is 1.94. The Labute approximate surface area is 126 Å². The zero-order valence-electron chi connectivity index (χ0n) is 13.0. The highest BCUT2D eigenvalue weighted by Crippen LogP contribution is 2.23. The lowest BCUT2D eigenvalue weighted by Gasteiger charge is -2.31. The molecular formula is C15H26N4S. The van der Waals surface area contributed by atoms with Crippen LogP contribution in [0, 0.1) is 0 Å². The summed E-state index contributed by atoms with van der Waals surface area (Å²) in [5.74, 6) is 2.05. The van der Waals surface area contributed by atoms with E-state index in [0.29, 0.717) is 0 Å². The fourth-order valence-electron chi connectivity index (χ4n) is 2.12. The molecule has 1 unspecified atom stereocenters. The number of thioether (sulfide) groups is 1. The van der Waals surface area contributed by atoms with E-state index >= 15 is 0 Å². The Bertz CT molecular complexity index is 413. The predicted octanol–water partition coefficient (Wildman–Crippen LogP) is 2.70. The van der Waals surface area contributed by atoms with E-state index in [2.05, 4.69) is 59.6 Å². The van der Waals surface area contributed by atoms with Crippen molar-refractivity contribution in [3.8, 4) is 0 Å². The SMILES string of the molecule is CCC1CN(c2ncc(CNC(C)(C)C)cn2)CCS1. The highest BCUT2D eigenvalue weighted by Gasteiger charge is 2.20. The summed E-state index contributed by atoms with van der Waals surface area (Å²) in [4.78, 5) is 11.4. The molecule has 112 valence electrons. The Morgan fingerprint density at radius 1 is 1.35 bits per heavy atom. The zero-order chi connectivity index (χ0) is 14.6. The molecule has 2 heterocycles. The molecule has 1 aliphatic heterocycles. The van der Waals surface area contributed by atoms with E-state index in [0.717, 1.165) is 36.4 Å². The van der Waals surface area contributed by atoms with Crippen LogP contribution >= 0.6 is 11.8 Å². The number of aromatic nitrogens is 2. The van der Waals surface area contributed by atoms with Gasteiger partial charge >= 0.3 is 0 Å². The van der Waals surface area contributed by atoms with E-state index in [-0.39, 0.29) is 5.54 Å². The van der Waals surface area contributed by atoms with E-state index in [1.165, 1.54) is 12.2 Å². The van der Waals surface area contributed by atoms with Gasteiger partial charge in [0.15, 0.2) is 0 Å². The van der Waals surface area contributed by atoms with Crippen molar-refractivity contribution in [2.24, 2.45) is 0 Å². The molecule has 4 nitrogen and oxygen atoms in total. The second-order valence-electron chi connectivity index (χ2n) is 6.34. The quantitative estimate of drug-likeness (QED) is 0.924. The monoisotopic (exact) mass is 294 g/mol. The second-order valence-corrected chi connectivity index (χ2v) is 7.75. The van der Waals surface area contributed by atoms with Crippen LogP contribution in [0.3, 0.4) is 0 Å². The van der Waals surface area contributed by atoms with Crippen molar-refractivity contribution >= 4 is 17.7 Å². The van der Waals surface area contributed by atoms with Gasteiger partial charge in [0.25, 0.3) is 0 Å². The summed E-state index contributed by atoms with van der Waals surface area (Å²) < 4.78 is 0. The van der Waals surface area contributed by atoms with Crippen LogP contribution in [-0.2, 0) is 6.54 Å². The lowest BCUT2D eigenvalue weighted by molar-refractivity contribution is 0.423. The predicted molar refractivity (Wildman–Crippen MR) is 87.4 cm³/mol. The molecule has 0 radical (unpaired) electrons. The molecule has 1 aliphatic rings. The van der Waals surface area contributed by atoms with Crippen LogP contribution in [0.1, 0.15) is 39.7 Å². The average molecular weight is 294 g/mol. The van der Waals surface area contributed by atoms with Crippen molar-refractivity contribution in [1.29, 1.82) is 0 Å². The van der Waals surface area contributed by atoms with Crippen LogP contribution in [-0.4, -0.2) is 39.6 Å². The molecule has 0 aliphatic carbocycles. The number of nitrogens with zero attached hydrogens (tertiary/aromatic N) is 3. The van der Waals surface area contributed by atoms with Crippen LogP contribution in [0.5, 0.6) is 0 Å². The van der Waals surface area contributed by atoms with E-state index in [1.807, 2.05) is 12.4 Å². The van der Waals surface area contributed by atoms with E-state index in [1.54, 1.807) is 0 Å². The summed E-state index contributed by atoms with van der Waals surface area (Å²) in [5, 5.41) is 4.17. The third-order valence-corrected chi connectivity index (χ3v) is 4.76. The van der Waals surface area contributed by atoms with E-state index in [9.17, 15) is 0 Å². The first-order valence-electron chi connectivity index (χ1n) is 7.40. The Morgan fingerprint density at radius 3 is 2.65 bits per heavy atom. The van der Waals surface area contributed by atoms with Crippen molar-refractivity contribution in [2.75, 3.05) is 23.7 Å². The third-order valence-electron chi connectivity index (χ3n) is 3.39. The molecule has 1 aromatic rings. The number of nitrogens with one attached hydrogen (secondary N) is 1. The Hall–Kier alpha value is -0.810. The van der Waals surface area contributed by atoms with Crippen molar-refractivity contribution in [3.63, 3.8) is 0 Å². The van der Waals surface area contributed by atoms with Gasteiger partial charge in [-0.3, -0.25) is 0 Å². The Kier molecular flexibility index (Phi) is 5.27. The fraction of sp³-hybridized carbons (Fsp3) is 0.733. The number of anilines is 1. The first-order valence-corrected chi connectivity index (χ1v) is 8.45. The van der Waals surface area contributed by atoms with E-state index in [4.69, 9.17) is 0 Å². The van der Waals surface area contributed by atoms with Gasteiger partial charge in [0.1, 0.15) is 0 Å². The third kappa shape index (κ3) is 4.63. The maximum atomic E-state index is 4.54. The van der Waals surface area contributed by atoms with Gasteiger partial charge in [-0.05, 0) is 27.2 Å². The second kappa shape index (κ2) is 6.76. The molecule has 20 heavy (non-hydrogen) atoms. The summed E-state index contributed by atoms with van der Waals surface area (Å²) in [5.41, 5.74) is 1.26. The lowest BCUT2D eigenvalue weighted by Crippen LogP contribution is -2.38. The molecular weight excluding hydrogens is 268 g/mol. The first kappa shape index (κ1) is 15.6. The smallest absolute Gasteiger partial charge is 0.225 e. The lowest BCUT2D eigenvalue weighted by atomic mass is 10.1. The number of hydrogen-bond acceptors (Lipinski definition) is 5. The van der Waals surface area contributed by atoms with Gasteiger partial charge in [-0.25, -0.2) is 9.97 Å². The van der Waals surface area contributed by atoms with Crippen LogP contribution in [0.2, 0.25) is 0 Å². The van der Waals surface area contributed by atoms with Gasteiger partial charge in [0.05, 0.1) is 0 Å².